The van der Waals surface area contributed by atoms with E-state index in [0.29, 0.717) is 17.9 Å². The first-order valence-corrected chi connectivity index (χ1v) is 15.3. The summed E-state index contributed by atoms with van der Waals surface area (Å²) in [5.41, 5.74) is 6.03. The van der Waals surface area contributed by atoms with Crippen LogP contribution in [0, 0.1) is 0 Å². The van der Waals surface area contributed by atoms with Crippen molar-refractivity contribution in [1.82, 2.24) is 29.5 Å². The van der Waals surface area contributed by atoms with Crippen molar-refractivity contribution < 1.29 is 9.47 Å². The molecule has 2 N–H and O–H groups in total. The Morgan fingerprint density at radius 3 is 2.35 bits per heavy atom. The molecule has 3 saturated heterocycles. The largest absolute Gasteiger partial charge is 0.494 e. The Bertz CT molecular complexity index is 1570. The first-order chi connectivity index (χ1) is 21.1. The van der Waals surface area contributed by atoms with Gasteiger partial charge in [-0.15, -0.1) is 0 Å². The predicted octanol–water partition coefficient (Wildman–Crippen LogP) is 3.81. The van der Waals surface area contributed by atoms with Gasteiger partial charge < -0.3 is 25.0 Å². The Kier molecular flexibility index (Phi) is 7.77. The summed E-state index contributed by atoms with van der Waals surface area (Å²) in [6, 6.07) is 13.8. The maximum atomic E-state index is 5.88. The number of anilines is 4. The zero-order chi connectivity index (χ0) is 29.3. The van der Waals surface area contributed by atoms with E-state index < -0.39 is 0 Å². The van der Waals surface area contributed by atoms with Crippen LogP contribution in [0.25, 0.3) is 22.2 Å². The van der Waals surface area contributed by atoms with Crippen LogP contribution in [-0.2, 0) is 11.8 Å². The third kappa shape index (κ3) is 5.60. The molecule has 0 aliphatic carbocycles. The quantitative estimate of drug-likeness (QED) is 0.319. The number of nitrogens with one attached hydrogen (secondary N) is 2. The van der Waals surface area contributed by atoms with Crippen molar-refractivity contribution in [3.63, 3.8) is 0 Å². The van der Waals surface area contributed by atoms with Crippen molar-refractivity contribution in [1.29, 1.82) is 0 Å². The topological polar surface area (TPSA) is 95.8 Å². The average Bonchev–Trinajstić information content (AvgIpc) is 3.40. The summed E-state index contributed by atoms with van der Waals surface area (Å²) in [7, 11) is 5.65. The Morgan fingerprint density at radius 2 is 1.65 bits per heavy atom. The van der Waals surface area contributed by atoms with Gasteiger partial charge in [0.05, 0.1) is 60.8 Å². The van der Waals surface area contributed by atoms with Crippen LogP contribution in [0.5, 0.6) is 5.75 Å². The maximum absolute atomic E-state index is 5.88. The van der Waals surface area contributed by atoms with Crippen molar-refractivity contribution in [2.24, 2.45) is 7.05 Å². The smallest absolute Gasteiger partial charge is 0.144 e. The molecule has 0 radical (unpaired) electrons. The van der Waals surface area contributed by atoms with Gasteiger partial charge in [-0.05, 0) is 31.0 Å². The number of nitrogens with zero attached hydrogens (tertiary/aromatic N) is 7. The lowest BCUT2D eigenvalue weighted by molar-refractivity contribution is -0.0803. The Hall–Kier alpha value is -3.93. The third-order valence-electron chi connectivity index (χ3n) is 9.37. The first kappa shape index (κ1) is 27.9. The van der Waals surface area contributed by atoms with E-state index in [-0.39, 0.29) is 0 Å². The second kappa shape index (κ2) is 12.0. The minimum Gasteiger partial charge on any atom is -0.494 e. The standard InChI is InChI=1S/C32H41N9O2/c1-33-27-15-28(37-32-16-26(34-21-35-32)22-4-5-29-23(14-22)18-36-38(29)2)31(42-3)17-30(27)41-8-6-24(7-9-41)39-10-12-40(13-11-39)25-19-43-20-25/h4-5,14-18,21,24-25,33H,6-13,19-20H2,1-3H3,(H,34,35,37). The van der Waals surface area contributed by atoms with Gasteiger partial charge in [-0.25, -0.2) is 9.97 Å². The molecule has 43 heavy (non-hydrogen) atoms. The van der Waals surface area contributed by atoms with E-state index in [1.165, 1.54) is 31.6 Å². The predicted molar refractivity (Wildman–Crippen MR) is 171 cm³/mol. The van der Waals surface area contributed by atoms with Gasteiger partial charge >= 0.3 is 0 Å². The fraction of sp³-hybridized carbons (Fsp3) is 0.469. The zero-order valence-corrected chi connectivity index (χ0v) is 25.3. The fourth-order valence-corrected chi connectivity index (χ4v) is 6.72. The van der Waals surface area contributed by atoms with Crippen molar-refractivity contribution in [2.75, 3.05) is 82.2 Å². The van der Waals surface area contributed by atoms with Crippen LogP contribution >= 0.6 is 0 Å². The molecule has 0 amide bonds. The van der Waals surface area contributed by atoms with Crippen molar-refractivity contribution in [2.45, 2.75) is 24.9 Å². The van der Waals surface area contributed by atoms with Crippen LogP contribution in [0.4, 0.5) is 22.9 Å². The summed E-state index contributed by atoms with van der Waals surface area (Å²) in [4.78, 5) is 16.9. The van der Waals surface area contributed by atoms with Gasteiger partial charge in [-0.2, -0.15) is 5.10 Å². The number of hydrogen-bond donors (Lipinski definition) is 2. The monoisotopic (exact) mass is 583 g/mol. The van der Waals surface area contributed by atoms with Gasteiger partial charge in [0.2, 0.25) is 0 Å². The van der Waals surface area contributed by atoms with E-state index >= 15 is 0 Å². The molecule has 5 heterocycles. The van der Waals surface area contributed by atoms with E-state index in [1.54, 1.807) is 13.4 Å². The number of piperidine rings is 1. The summed E-state index contributed by atoms with van der Waals surface area (Å²) in [6.07, 6.45) is 5.82. The highest BCUT2D eigenvalue weighted by Crippen LogP contribution is 2.39. The van der Waals surface area contributed by atoms with E-state index in [1.807, 2.05) is 31.0 Å². The fourth-order valence-electron chi connectivity index (χ4n) is 6.72. The van der Waals surface area contributed by atoms with Gasteiger partial charge in [0, 0.05) is 82.5 Å². The number of piperazine rings is 1. The van der Waals surface area contributed by atoms with Gasteiger partial charge in [-0.3, -0.25) is 14.5 Å². The number of benzene rings is 2. The molecule has 4 aromatic rings. The second-order valence-electron chi connectivity index (χ2n) is 11.8. The molecule has 0 bridgehead atoms. The van der Waals surface area contributed by atoms with Crippen molar-refractivity contribution >= 4 is 33.8 Å². The van der Waals surface area contributed by atoms with Gasteiger partial charge in [-0.1, -0.05) is 6.07 Å². The highest BCUT2D eigenvalue weighted by molar-refractivity contribution is 5.85. The average molecular weight is 584 g/mol. The summed E-state index contributed by atoms with van der Waals surface area (Å²) in [5, 5.41) is 12.3. The summed E-state index contributed by atoms with van der Waals surface area (Å²) in [6.45, 7) is 8.54. The van der Waals surface area contributed by atoms with Crippen LogP contribution in [0.1, 0.15) is 12.8 Å². The van der Waals surface area contributed by atoms with Crippen LogP contribution in [-0.4, -0.2) is 108 Å². The molecule has 0 unspecified atom stereocenters. The second-order valence-corrected chi connectivity index (χ2v) is 11.8. The number of fused-ring (bicyclic) bond motifs is 1. The van der Waals surface area contributed by atoms with Crippen LogP contribution in [0.3, 0.4) is 0 Å². The third-order valence-corrected chi connectivity index (χ3v) is 9.37. The summed E-state index contributed by atoms with van der Waals surface area (Å²) >= 11 is 0. The first-order valence-electron chi connectivity index (χ1n) is 15.3. The molecule has 3 aliphatic heterocycles. The molecule has 3 aliphatic rings. The molecule has 3 fully saturated rings. The van der Waals surface area contributed by atoms with Gasteiger partial charge in [0.1, 0.15) is 17.9 Å². The summed E-state index contributed by atoms with van der Waals surface area (Å²) in [5.74, 6) is 1.49. The van der Waals surface area contributed by atoms with Crippen LogP contribution < -0.4 is 20.3 Å². The Labute approximate surface area is 252 Å². The highest BCUT2D eigenvalue weighted by Gasteiger charge is 2.32. The molecular weight excluding hydrogens is 542 g/mol. The Balaban J connectivity index is 1.04. The van der Waals surface area contributed by atoms with E-state index in [2.05, 4.69) is 70.7 Å². The molecule has 0 spiro atoms. The SMILES string of the molecule is CNc1cc(Nc2cc(-c3ccc4c(cnn4C)c3)ncn2)c(OC)cc1N1CCC(N2CCN(C3COC3)CC2)CC1. The molecule has 0 saturated carbocycles. The number of hydrogen-bond acceptors (Lipinski definition) is 10. The molecule has 11 nitrogen and oxygen atoms in total. The van der Waals surface area contributed by atoms with E-state index in [0.717, 1.165) is 78.7 Å². The maximum Gasteiger partial charge on any atom is 0.144 e. The van der Waals surface area contributed by atoms with Gasteiger partial charge in [0.25, 0.3) is 0 Å². The molecule has 2 aromatic carbocycles. The molecule has 2 aromatic heterocycles. The molecule has 226 valence electrons. The normalized spacial score (nSPS) is 19.0. The van der Waals surface area contributed by atoms with E-state index in [9.17, 15) is 0 Å². The molecule has 11 heteroatoms. The van der Waals surface area contributed by atoms with Gasteiger partial charge in [0.15, 0.2) is 0 Å². The lowest BCUT2D eigenvalue weighted by atomic mass is 10.0. The zero-order valence-electron chi connectivity index (χ0n) is 25.3. The van der Waals surface area contributed by atoms with E-state index in [4.69, 9.17) is 9.47 Å². The van der Waals surface area contributed by atoms with Crippen LogP contribution in [0.15, 0.2) is 48.9 Å². The molecular formula is C32H41N9O2. The highest BCUT2D eigenvalue weighted by atomic mass is 16.5. The number of aryl methyl sites for hydroxylation is 1. The molecule has 0 atom stereocenters. The van der Waals surface area contributed by atoms with Crippen LogP contribution in [0.2, 0.25) is 0 Å². The van der Waals surface area contributed by atoms with Crippen molar-refractivity contribution in [3.8, 4) is 17.0 Å². The Morgan fingerprint density at radius 1 is 0.884 bits per heavy atom. The minimum atomic E-state index is 0.648. The number of aromatic nitrogens is 4. The molecule has 7 rings (SSSR count). The minimum absolute atomic E-state index is 0.648. The number of rotatable bonds is 8. The summed E-state index contributed by atoms with van der Waals surface area (Å²) < 4.78 is 13.2. The number of ether oxygens (including phenoxy) is 2. The lowest BCUT2D eigenvalue weighted by Crippen LogP contribution is -2.59. The number of methoxy groups -OCH3 is 1. The lowest BCUT2D eigenvalue weighted by Gasteiger charge is -2.46. The van der Waals surface area contributed by atoms with Crippen molar-refractivity contribution in [3.05, 3.63) is 48.9 Å².